The van der Waals surface area contributed by atoms with Crippen molar-refractivity contribution >= 4 is 23.3 Å². The van der Waals surface area contributed by atoms with E-state index in [1.807, 2.05) is 18.9 Å². The highest BCUT2D eigenvalue weighted by atomic mass is 16.4. The number of hydrogen-bond acceptors (Lipinski definition) is 4. The summed E-state index contributed by atoms with van der Waals surface area (Å²) in [5, 5.41) is 9.05. The van der Waals surface area contributed by atoms with Gasteiger partial charge in [-0.25, -0.2) is 4.79 Å². The number of rotatable bonds is 1. The van der Waals surface area contributed by atoms with Crippen LogP contribution in [0.1, 0.15) is 24.4 Å². The molecule has 0 radical (unpaired) electrons. The van der Waals surface area contributed by atoms with Crippen molar-refractivity contribution in [3.8, 4) is 0 Å². The summed E-state index contributed by atoms with van der Waals surface area (Å²) < 4.78 is 5.04. The highest BCUT2D eigenvalue weighted by molar-refractivity contribution is 6.04. The van der Waals surface area contributed by atoms with Crippen LogP contribution in [0.25, 0.3) is 0 Å². The number of carboxylic acid groups (broad SMARTS) is 1. The number of likely N-dealkylation sites (N-methyl/N-ethyl adjacent to an activating group) is 1. The van der Waals surface area contributed by atoms with Crippen LogP contribution in [-0.4, -0.2) is 36.6 Å². The van der Waals surface area contributed by atoms with Gasteiger partial charge in [0.15, 0.2) is 0 Å². The fourth-order valence-electron chi connectivity index (χ4n) is 2.26. The number of aromatic carboxylic acids is 1. The largest absolute Gasteiger partial charge is 0.475 e. The summed E-state index contributed by atoms with van der Waals surface area (Å²) in [6.07, 6.45) is 1.38. The van der Waals surface area contributed by atoms with Crippen LogP contribution < -0.4 is 9.80 Å². The molecule has 0 spiro atoms. The zero-order chi connectivity index (χ0) is 12.7. The van der Waals surface area contributed by atoms with Crippen molar-refractivity contribution in [2.45, 2.75) is 19.9 Å². The SMILES string of the molecule is CC(=O)N1c2c(coc2C(=O)O)N(C)CC1C. The van der Waals surface area contributed by atoms with Crippen LogP contribution in [0.3, 0.4) is 0 Å². The minimum absolute atomic E-state index is 0.0827. The Balaban J connectivity index is 2.61. The van der Waals surface area contributed by atoms with E-state index in [1.54, 1.807) is 0 Å². The van der Waals surface area contributed by atoms with E-state index in [-0.39, 0.29) is 17.7 Å². The third-order valence-corrected chi connectivity index (χ3v) is 2.91. The van der Waals surface area contributed by atoms with Crippen LogP contribution in [0.4, 0.5) is 11.4 Å². The Kier molecular flexibility index (Phi) is 2.57. The molecule has 2 rings (SSSR count). The number of carbonyl (C=O) groups is 2. The molecule has 1 aliphatic heterocycles. The van der Waals surface area contributed by atoms with Gasteiger partial charge < -0.3 is 19.3 Å². The number of hydrogen-bond donors (Lipinski definition) is 1. The zero-order valence-electron chi connectivity index (χ0n) is 9.93. The Bertz CT molecular complexity index is 480. The second-order valence-electron chi connectivity index (χ2n) is 4.22. The number of anilines is 2. The normalized spacial score (nSPS) is 19.1. The number of carboxylic acids is 1. The summed E-state index contributed by atoms with van der Waals surface area (Å²) in [6.45, 7) is 3.94. The average molecular weight is 238 g/mol. The van der Waals surface area contributed by atoms with Crippen LogP contribution in [-0.2, 0) is 4.79 Å². The molecule has 6 nitrogen and oxygen atoms in total. The lowest BCUT2D eigenvalue weighted by atomic mass is 10.1. The molecule has 0 aliphatic carbocycles. The Labute approximate surface area is 98.4 Å². The van der Waals surface area contributed by atoms with Crippen molar-refractivity contribution in [2.24, 2.45) is 0 Å². The van der Waals surface area contributed by atoms with E-state index in [9.17, 15) is 9.59 Å². The van der Waals surface area contributed by atoms with Gasteiger partial charge in [-0.3, -0.25) is 4.79 Å². The van der Waals surface area contributed by atoms with Gasteiger partial charge in [-0.05, 0) is 6.92 Å². The molecule has 0 saturated heterocycles. The second kappa shape index (κ2) is 3.80. The van der Waals surface area contributed by atoms with Crippen molar-refractivity contribution in [2.75, 3.05) is 23.4 Å². The van der Waals surface area contributed by atoms with Crippen LogP contribution in [0.15, 0.2) is 10.7 Å². The summed E-state index contributed by atoms with van der Waals surface area (Å²) in [6, 6.07) is -0.0827. The summed E-state index contributed by atoms with van der Waals surface area (Å²) in [5.41, 5.74) is 0.988. The molecule has 0 saturated carbocycles. The topological polar surface area (TPSA) is 74.0 Å². The molecule has 1 atom stereocenters. The van der Waals surface area contributed by atoms with Gasteiger partial charge in [0, 0.05) is 20.5 Å². The average Bonchev–Trinajstić information content (AvgIpc) is 2.61. The Morgan fingerprint density at radius 1 is 1.53 bits per heavy atom. The summed E-state index contributed by atoms with van der Waals surface area (Å²) in [7, 11) is 1.84. The van der Waals surface area contributed by atoms with Crippen molar-refractivity contribution in [3.05, 3.63) is 12.0 Å². The molecule has 17 heavy (non-hydrogen) atoms. The van der Waals surface area contributed by atoms with Crippen LogP contribution in [0.2, 0.25) is 0 Å². The predicted octanol–water partition coefficient (Wildman–Crippen LogP) is 1.17. The molecule has 92 valence electrons. The molecule has 0 aromatic carbocycles. The van der Waals surface area contributed by atoms with Gasteiger partial charge in [-0.1, -0.05) is 0 Å². The molecule has 1 aliphatic rings. The molecular formula is C11H14N2O4. The first kappa shape index (κ1) is 11.5. The van der Waals surface area contributed by atoms with Gasteiger partial charge in [0.1, 0.15) is 17.6 Å². The highest BCUT2D eigenvalue weighted by Crippen LogP contribution is 2.39. The van der Waals surface area contributed by atoms with Crippen molar-refractivity contribution in [3.63, 3.8) is 0 Å². The number of carbonyl (C=O) groups excluding carboxylic acids is 1. The number of nitrogens with zero attached hydrogens (tertiary/aromatic N) is 2. The van der Waals surface area contributed by atoms with E-state index in [0.29, 0.717) is 17.9 Å². The maximum atomic E-state index is 11.6. The summed E-state index contributed by atoms with van der Waals surface area (Å²) >= 11 is 0. The Morgan fingerprint density at radius 3 is 2.71 bits per heavy atom. The molecule has 1 aromatic rings. The molecule has 0 fully saturated rings. The molecule has 1 amide bonds. The van der Waals surface area contributed by atoms with Crippen LogP contribution >= 0.6 is 0 Å². The molecule has 0 bridgehead atoms. The first-order chi connectivity index (χ1) is 7.93. The predicted molar refractivity (Wildman–Crippen MR) is 61.6 cm³/mol. The second-order valence-corrected chi connectivity index (χ2v) is 4.22. The molecule has 1 aromatic heterocycles. The number of furan rings is 1. The quantitative estimate of drug-likeness (QED) is 0.794. The van der Waals surface area contributed by atoms with Gasteiger partial charge in [0.05, 0.1) is 6.04 Å². The standard InChI is InChI=1S/C11H14N2O4/c1-6-4-12(3)8-5-17-10(11(15)16)9(8)13(6)7(2)14/h5-6H,4H2,1-3H3,(H,15,16). The lowest BCUT2D eigenvalue weighted by Crippen LogP contribution is -2.48. The van der Waals surface area contributed by atoms with Gasteiger partial charge in [-0.2, -0.15) is 0 Å². The van der Waals surface area contributed by atoms with E-state index in [4.69, 9.17) is 9.52 Å². The van der Waals surface area contributed by atoms with Crippen molar-refractivity contribution < 1.29 is 19.1 Å². The lowest BCUT2D eigenvalue weighted by Gasteiger charge is -2.37. The number of fused-ring (bicyclic) bond motifs is 1. The van der Waals surface area contributed by atoms with E-state index < -0.39 is 5.97 Å². The molecule has 6 heteroatoms. The minimum Gasteiger partial charge on any atom is -0.475 e. The van der Waals surface area contributed by atoms with Crippen LogP contribution in [0, 0.1) is 0 Å². The smallest absolute Gasteiger partial charge is 0.374 e. The fraction of sp³-hybridized carbons (Fsp3) is 0.455. The van der Waals surface area contributed by atoms with E-state index in [1.165, 1.54) is 18.1 Å². The lowest BCUT2D eigenvalue weighted by molar-refractivity contribution is -0.117. The Morgan fingerprint density at radius 2 is 2.18 bits per heavy atom. The van der Waals surface area contributed by atoms with Crippen LogP contribution in [0.5, 0.6) is 0 Å². The monoisotopic (exact) mass is 238 g/mol. The highest BCUT2D eigenvalue weighted by Gasteiger charge is 2.35. The third kappa shape index (κ3) is 1.65. The van der Waals surface area contributed by atoms with E-state index in [0.717, 1.165) is 0 Å². The maximum Gasteiger partial charge on any atom is 0.374 e. The molecule has 1 unspecified atom stereocenters. The van der Waals surface area contributed by atoms with Crippen molar-refractivity contribution in [1.29, 1.82) is 0 Å². The minimum atomic E-state index is -1.17. The van der Waals surface area contributed by atoms with Gasteiger partial charge >= 0.3 is 5.97 Å². The van der Waals surface area contributed by atoms with Gasteiger partial charge in [-0.15, -0.1) is 0 Å². The summed E-state index contributed by atoms with van der Waals surface area (Å²) in [4.78, 5) is 26.0. The van der Waals surface area contributed by atoms with E-state index >= 15 is 0 Å². The molecule has 1 N–H and O–H groups in total. The summed E-state index contributed by atoms with van der Waals surface area (Å²) in [5.74, 6) is -1.54. The first-order valence-corrected chi connectivity index (χ1v) is 5.29. The third-order valence-electron chi connectivity index (χ3n) is 2.91. The van der Waals surface area contributed by atoms with Gasteiger partial charge in [0.2, 0.25) is 11.7 Å². The van der Waals surface area contributed by atoms with Crippen molar-refractivity contribution in [1.82, 2.24) is 0 Å². The van der Waals surface area contributed by atoms with E-state index in [2.05, 4.69) is 0 Å². The number of amides is 1. The first-order valence-electron chi connectivity index (χ1n) is 5.29. The Hall–Kier alpha value is -1.98. The van der Waals surface area contributed by atoms with Gasteiger partial charge in [0.25, 0.3) is 0 Å². The molecule has 2 heterocycles. The maximum absolute atomic E-state index is 11.6. The zero-order valence-corrected chi connectivity index (χ0v) is 9.93. The molecular weight excluding hydrogens is 224 g/mol. The fourth-order valence-corrected chi connectivity index (χ4v) is 2.26.